The molecule has 312 valence electrons. The Hall–Kier alpha value is -1.72. The molecular weight excluding hydrogens is 728 g/mol. The molecule has 5 aliphatic carbocycles. The highest BCUT2D eigenvalue weighted by atomic mass is 35.5. The van der Waals surface area contributed by atoms with Crippen LogP contribution in [0.15, 0.2) is 35.9 Å². The molecule has 6 fully saturated rings. The van der Waals surface area contributed by atoms with E-state index < -0.39 is 37.3 Å². The number of allylic oxidation sites excluding steroid dienone is 2. The summed E-state index contributed by atoms with van der Waals surface area (Å²) in [6.45, 7) is 19.7. The van der Waals surface area contributed by atoms with Crippen molar-refractivity contribution in [3.63, 3.8) is 0 Å². The maximum absolute atomic E-state index is 14.6. The van der Waals surface area contributed by atoms with Gasteiger partial charge in [-0.1, -0.05) is 83.8 Å². The first-order valence-electron chi connectivity index (χ1n) is 21.8. The zero-order valence-electron chi connectivity index (χ0n) is 35.0. The number of benzene rings is 1. The molecular formula is C46H69ClN2O7. The van der Waals surface area contributed by atoms with Gasteiger partial charge in [-0.2, -0.15) is 0 Å². The Balaban J connectivity index is 1.01. The number of halogens is 1. The number of hydrogen-bond donors (Lipinski definition) is 4. The number of carbonyl (C=O) groups excluding carboxylic acids is 1. The molecule has 0 spiro atoms. The monoisotopic (exact) mass is 796 g/mol. The van der Waals surface area contributed by atoms with Gasteiger partial charge in [0.25, 0.3) is 0 Å². The molecule has 1 amide bonds. The third kappa shape index (κ3) is 6.09. The van der Waals surface area contributed by atoms with Gasteiger partial charge in [0, 0.05) is 31.6 Å². The Morgan fingerprint density at radius 3 is 2.25 bits per heavy atom. The molecule has 10 heteroatoms. The normalized spacial score (nSPS) is 47.5. The van der Waals surface area contributed by atoms with E-state index in [1.54, 1.807) is 5.57 Å². The van der Waals surface area contributed by atoms with Gasteiger partial charge < -0.3 is 39.7 Å². The van der Waals surface area contributed by atoms with Crippen molar-refractivity contribution in [3.05, 3.63) is 40.9 Å². The molecule has 56 heavy (non-hydrogen) atoms. The van der Waals surface area contributed by atoms with Gasteiger partial charge in [0.1, 0.15) is 24.4 Å². The maximum atomic E-state index is 14.6. The molecule has 2 heterocycles. The Morgan fingerprint density at radius 1 is 0.857 bits per heavy atom. The predicted octanol–water partition coefficient (Wildman–Crippen LogP) is 6.98. The molecule has 8 rings (SSSR count). The lowest BCUT2D eigenvalue weighted by molar-refractivity contribution is -0.330. The Morgan fingerprint density at radius 2 is 1.55 bits per heavy atom. The summed E-state index contributed by atoms with van der Waals surface area (Å²) >= 11 is 6.55. The summed E-state index contributed by atoms with van der Waals surface area (Å²) in [5.74, 6) is 1.63. The summed E-state index contributed by atoms with van der Waals surface area (Å²) < 4.78 is 12.4. The van der Waals surface area contributed by atoms with Crippen molar-refractivity contribution in [2.24, 2.45) is 50.2 Å². The lowest BCUT2D eigenvalue weighted by Crippen LogP contribution is -2.65. The SMILES string of the molecule is CC1(C)[C@@H](O[C@@H]2O[C@H](CO)[C@@H](O)[C@H](O)[C@H]2O)CC[C@]2(C)[C@H]3CC=C4[C@@H]5C[C@@](C)(C(=O)N6CCN(c7ccccc7Cl)CC6)CC[C@]5(C)CC[C@@]4(C)[C@]3(C)CC[C@@H]12. The number of carbonyl (C=O) groups is 1. The Bertz CT molecular complexity index is 1700. The average Bonchev–Trinajstić information content (AvgIpc) is 3.17. The van der Waals surface area contributed by atoms with Crippen molar-refractivity contribution < 1.29 is 34.7 Å². The molecule has 4 saturated carbocycles. The fourth-order valence-corrected chi connectivity index (χ4v) is 14.6. The van der Waals surface area contributed by atoms with Crippen LogP contribution in [-0.4, -0.2) is 101 Å². The second-order valence-electron chi connectivity index (χ2n) is 21.2. The first-order valence-corrected chi connectivity index (χ1v) is 22.2. The molecule has 2 aliphatic heterocycles. The van der Waals surface area contributed by atoms with Crippen LogP contribution in [0.2, 0.25) is 5.02 Å². The predicted molar refractivity (Wildman–Crippen MR) is 218 cm³/mol. The second kappa shape index (κ2) is 14.2. The van der Waals surface area contributed by atoms with E-state index in [9.17, 15) is 25.2 Å². The van der Waals surface area contributed by atoms with E-state index in [4.69, 9.17) is 21.1 Å². The van der Waals surface area contributed by atoms with Gasteiger partial charge in [-0.15, -0.1) is 0 Å². The number of fused-ring (bicyclic) bond motifs is 7. The molecule has 1 aromatic rings. The van der Waals surface area contributed by atoms with Crippen molar-refractivity contribution >= 4 is 23.2 Å². The number of amides is 1. The number of hydrogen-bond acceptors (Lipinski definition) is 8. The number of para-hydroxylation sites is 1. The molecule has 0 radical (unpaired) electrons. The number of nitrogens with zero attached hydrogens (tertiary/aromatic N) is 2. The number of piperazine rings is 1. The topological polar surface area (TPSA) is 123 Å². The number of rotatable bonds is 5. The fourth-order valence-electron chi connectivity index (χ4n) is 14.3. The Kier molecular flexibility index (Phi) is 10.4. The standard InChI is InChI=1S/C46H69ClN2O7/c1-41(2)33-14-17-46(7)34(44(33,5)16-15-35(41)56-39-38(53)37(52)36(51)32(27-50)55-39)13-12-28-29-26-43(4,19-18-42(29,3)20-21-45(28,46)6)40(54)49-24-22-48(23-25-49)31-11-9-8-10-30(31)47/h8-12,29,32-39,50-53H,13-27H2,1-7H3/t29-,32+,33-,34+,35-,36+,37-,38+,39-,42+,43-,44-,45+,46+/m0/s1. The van der Waals surface area contributed by atoms with Gasteiger partial charge in [-0.25, -0.2) is 0 Å². The highest BCUT2D eigenvalue weighted by Gasteiger charge is 2.68. The number of aliphatic hydroxyl groups excluding tert-OH is 4. The zero-order chi connectivity index (χ0) is 40.2. The second-order valence-corrected chi connectivity index (χ2v) is 21.6. The van der Waals surface area contributed by atoms with Crippen LogP contribution in [0.5, 0.6) is 0 Å². The lowest BCUT2D eigenvalue weighted by atomic mass is 9.33. The quantitative estimate of drug-likeness (QED) is 0.186. The van der Waals surface area contributed by atoms with Crippen molar-refractivity contribution in [2.75, 3.05) is 37.7 Å². The van der Waals surface area contributed by atoms with Crippen LogP contribution < -0.4 is 4.90 Å². The van der Waals surface area contributed by atoms with E-state index in [0.29, 0.717) is 23.7 Å². The number of ether oxygens (including phenoxy) is 2. The molecule has 0 bridgehead atoms. The minimum atomic E-state index is -1.45. The van der Waals surface area contributed by atoms with Crippen molar-refractivity contribution in [1.82, 2.24) is 4.90 Å². The third-order valence-electron chi connectivity index (χ3n) is 18.2. The van der Waals surface area contributed by atoms with Crippen LogP contribution in [0.4, 0.5) is 5.69 Å². The van der Waals surface area contributed by atoms with Crippen LogP contribution in [0.1, 0.15) is 113 Å². The van der Waals surface area contributed by atoms with E-state index in [2.05, 4.69) is 70.4 Å². The smallest absolute Gasteiger partial charge is 0.228 e. The van der Waals surface area contributed by atoms with Gasteiger partial charge in [0.15, 0.2) is 6.29 Å². The summed E-state index contributed by atoms with van der Waals surface area (Å²) in [6.07, 6.45) is 6.59. The van der Waals surface area contributed by atoms with Crippen LogP contribution in [0.3, 0.4) is 0 Å². The first kappa shape index (κ1) is 41.0. The third-order valence-corrected chi connectivity index (χ3v) is 18.5. The van der Waals surface area contributed by atoms with Crippen LogP contribution in [0, 0.1) is 50.2 Å². The van der Waals surface area contributed by atoms with E-state index in [-0.39, 0.29) is 38.6 Å². The van der Waals surface area contributed by atoms with Gasteiger partial charge >= 0.3 is 0 Å². The summed E-state index contributed by atoms with van der Waals surface area (Å²) in [7, 11) is 0. The molecule has 2 saturated heterocycles. The van der Waals surface area contributed by atoms with E-state index in [1.807, 2.05) is 18.2 Å². The summed E-state index contributed by atoms with van der Waals surface area (Å²) in [5.41, 5.74) is 2.57. The number of aliphatic hydroxyl groups is 4. The summed E-state index contributed by atoms with van der Waals surface area (Å²) in [5, 5.41) is 42.3. The fraction of sp³-hybridized carbons (Fsp3) is 0.804. The van der Waals surface area contributed by atoms with Gasteiger partial charge in [0.2, 0.25) is 5.91 Å². The highest BCUT2D eigenvalue weighted by Crippen LogP contribution is 2.76. The van der Waals surface area contributed by atoms with E-state index in [1.165, 1.54) is 12.8 Å². The van der Waals surface area contributed by atoms with Crippen molar-refractivity contribution in [3.8, 4) is 0 Å². The van der Waals surface area contributed by atoms with Crippen LogP contribution in [-0.2, 0) is 14.3 Å². The minimum absolute atomic E-state index is 0.0593. The molecule has 7 aliphatic rings. The number of anilines is 1. The summed E-state index contributed by atoms with van der Waals surface area (Å²) in [4.78, 5) is 19.0. The van der Waals surface area contributed by atoms with Crippen LogP contribution in [0.25, 0.3) is 0 Å². The molecule has 4 N–H and O–H groups in total. The summed E-state index contributed by atoms with van der Waals surface area (Å²) in [6, 6.07) is 8.02. The van der Waals surface area contributed by atoms with Gasteiger partial charge in [-0.05, 0) is 121 Å². The molecule has 0 aromatic heterocycles. The molecule has 0 unspecified atom stereocenters. The Labute approximate surface area is 340 Å². The van der Waals surface area contributed by atoms with Crippen LogP contribution >= 0.6 is 11.6 Å². The van der Waals surface area contributed by atoms with E-state index in [0.717, 1.165) is 88.3 Å². The minimum Gasteiger partial charge on any atom is -0.394 e. The molecule has 9 nitrogen and oxygen atoms in total. The first-order chi connectivity index (χ1) is 26.3. The van der Waals surface area contributed by atoms with Gasteiger partial charge in [-0.3, -0.25) is 4.79 Å². The lowest BCUT2D eigenvalue weighted by Gasteiger charge is -2.71. The molecule has 1 aromatic carbocycles. The molecule has 14 atom stereocenters. The van der Waals surface area contributed by atoms with Crippen molar-refractivity contribution in [2.45, 2.75) is 149 Å². The largest absolute Gasteiger partial charge is 0.394 e. The van der Waals surface area contributed by atoms with E-state index >= 15 is 0 Å². The maximum Gasteiger partial charge on any atom is 0.228 e. The highest BCUT2D eigenvalue weighted by molar-refractivity contribution is 6.33. The van der Waals surface area contributed by atoms with Gasteiger partial charge in [0.05, 0.1) is 23.4 Å². The zero-order valence-corrected chi connectivity index (χ0v) is 35.7. The van der Waals surface area contributed by atoms with Crippen molar-refractivity contribution in [1.29, 1.82) is 0 Å². The average molecular weight is 798 g/mol.